The molecule has 154 valence electrons. The first-order chi connectivity index (χ1) is 13.0. The minimum absolute atomic E-state index is 0. The molecule has 0 spiro atoms. The van der Waals surface area contributed by atoms with Gasteiger partial charge in [-0.2, -0.15) is 0 Å². The Hall–Kier alpha value is -1.64. The maximum absolute atomic E-state index is 12.8. The van der Waals surface area contributed by atoms with Crippen LogP contribution in [0.2, 0.25) is 0 Å². The third-order valence-corrected chi connectivity index (χ3v) is 6.82. The van der Waals surface area contributed by atoms with Gasteiger partial charge in [0.2, 0.25) is 11.8 Å². The highest BCUT2D eigenvalue weighted by atomic mass is 35.5. The summed E-state index contributed by atoms with van der Waals surface area (Å²) in [6, 6.07) is 2.26. The van der Waals surface area contributed by atoms with E-state index >= 15 is 0 Å². The van der Waals surface area contributed by atoms with Crippen LogP contribution in [0.5, 0.6) is 0 Å². The van der Waals surface area contributed by atoms with Crippen molar-refractivity contribution in [2.24, 2.45) is 5.92 Å². The standard InChI is InChI=1S/C19H25N3O4S.ClH/c1-26-19(25)14-5-7-27-18(14)22-6-4-15(17(22)24)21-16(23)10-11-8-12-2-3-13(9-11)20-12;/h5,7,11-13,15,20H,2-4,6,8-10H2,1H3,(H,21,23);1H. The topological polar surface area (TPSA) is 87.7 Å². The van der Waals surface area contributed by atoms with Crippen molar-refractivity contribution in [3.63, 3.8) is 0 Å². The van der Waals surface area contributed by atoms with Gasteiger partial charge < -0.3 is 20.3 Å². The number of nitrogens with zero attached hydrogens (tertiary/aromatic N) is 1. The minimum atomic E-state index is -0.511. The SMILES string of the molecule is COC(=O)c1ccsc1N1CCC(NC(=O)CC2CC3CCC(C2)N3)C1=O.Cl. The average molecular weight is 428 g/mol. The molecule has 7 nitrogen and oxygen atoms in total. The number of thiophene rings is 1. The van der Waals surface area contributed by atoms with Gasteiger partial charge in [-0.1, -0.05) is 0 Å². The molecule has 2 bridgehead atoms. The molecule has 3 fully saturated rings. The second-order valence-electron chi connectivity index (χ2n) is 7.71. The van der Waals surface area contributed by atoms with Crippen molar-refractivity contribution in [3.8, 4) is 0 Å². The van der Waals surface area contributed by atoms with E-state index in [-0.39, 0.29) is 24.2 Å². The molecule has 3 aliphatic heterocycles. The molecule has 0 saturated carbocycles. The van der Waals surface area contributed by atoms with Crippen molar-refractivity contribution >= 4 is 46.5 Å². The molecule has 0 aromatic carbocycles. The Bertz CT molecular complexity index is 743. The number of esters is 1. The summed E-state index contributed by atoms with van der Waals surface area (Å²) in [4.78, 5) is 38.7. The lowest BCUT2D eigenvalue weighted by Gasteiger charge is -2.28. The maximum Gasteiger partial charge on any atom is 0.340 e. The van der Waals surface area contributed by atoms with Crippen LogP contribution in [0.15, 0.2) is 11.4 Å². The van der Waals surface area contributed by atoms with Crippen LogP contribution in [0.1, 0.15) is 48.9 Å². The lowest BCUT2D eigenvalue weighted by Crippen LogP contribution is -2.44. The summed E-state index contributed by atoms with van der Waals surface area (Å²) in [6.45, 7) is 0.492. The number of amides is 2. The Morgan fingerprint density at radius 3 is 2.68 bits per heavy atom. The van der Waals surface area contributed by atoms with Crippen molar-refractivity contribution in [1.82, 2.24) is 10.6 Å². The van der Waals surface area contributed by atoms with Crippen LogP contribution in [0.4, 0.5) is 5.00 Å². The predicted molar refractivity (Wildman–Crippen MR) is 109 cm³/mol. The van der Waals surface area contributed by atoms with Crippen LogP contribution in [-0.2, 0) is 14.3 Å². The highest BCUT2D eigenvalue weighted by Gasteiger charge is 2.38. The van der Waals surface area contributed by atoms with Gasteiger partial charge in [0.05, 0.1) is 12.7 Å². The summed E-state index contributed by atoms with van der Waals surface area (Å²) >= 11 is 1.34. The number of hydrogen-bond acceptors (Lipinski definition) is 6. The van der Waals surface area contributed by atoms with Crippen LogP contribution in [-0.4, -0.2) is 49.6 Å². The molecule has 3 atom stereocenters. The monoisotopic (exact) mass is 427 g/mol. The fourth-order valence-electron chi connectivity index (χ4n) is 4.65. The maximum atomic E-state index is 12.8. The number of anilines is 1. The Kier molecular flexibility index (Phi) is 6.62. The largest absolute Gasteiger partial charge is 0.465 e. The molecule has 1 aromatic heterocycles. The molecule has 0 aliphatic carbocycles. The highest BCUT2D eigenvalue weighted by molar-refractivity contribution is 7.14. The third-order valence-electron chi connectivity index (χ3n) is 5.88. The minimum Gasteiger partial charge on any atom is -0.465 e. The summed E-state index contributed by atoms with van der Waals surface area (Å²) < 4.78 is 4.78. The van der Waals surface area contributed by atoms with Gasteiger partial charge in [0.25, 0.3) is 0 Å². The van der Waals surface area contributed by atoms with E-state index in [1.165, 1.54) is 31.3 Å². The lowest BCUT2D eigenvalue weighted by molar-refractivity contribution is -0.127. The number of piperidine rings is 1. The smallest absolute Gasteiger partial charge is 0.340 e. The van der Waals surface area contributed by atoms with Gasteiger partial charge in [-0.05, 0) is 49.5 Å². The number of rotatable bonds is 5. The van der Waals surface area contributed by atoms with Gasteiger partial charge in [0.1, 0.15) is 11.0 Å². The number of fused-ring (bicyclic) bond motifs is 2. The summed E-state index contributed by atoms with van der Waals surface area (Å²) in [5, 5.41) is 8.87. The van der Waals surface area contributed by atoms with Crippen molar-refractivity contribution in [3.05, 3.63) is 17.0 Å². The zero-order valence-electron chi connectivity index (χ0n) is 15.8. The second kappa shape index (κ2) is 8.80. The fraction of sp³-hybridized carbons (Fsp3) is 0.632. The first-order valence-corrected chi connectivity index (χ1v) is 10.5. The van der Waals surface area contributed by atoms with Crippen LogP contribution in [0.3, 0.4) is 0 Å². The van der Waals surface area contributed by atoms with E-state index in [9.17, 15) is 14.4 Å². The number of carbonyl (C=O) groups excluding carboxylic acids is 3. The predicted octanol–water partition coefficient (Wildman–Crippen LogP) is 2.10. The first-order valence-electron chi connectivity index (χ1n) is 9.57. The molecule has 1 aromatic rings. The number of carbonyl (C=O) groups is 3. The molecule has 3 unspecified atom stereocenters. The molecule has 4 rings (SSSR count). The van der Waals surface area contributed by atoms with Crippen molar-refractivity contribution < 1.29 is 19.1 Å². The average Bonchev–Trinajstić information content (AvgIpc) is 3.34. The van der Waals surface area contributed by atoms with Crippen LogP contribution in [0.25, 0.3) is 0 Å². The van der Waals surface area contributed by atoms with E-state index in [1.54, 1.807) is 16.3 Å². The first kappa shape index (κ1) is 21.1. The van der Waals surface area contributed by atoms with Crippen LogP contribution in [0, 0.1) is 5.92 Å². The van der Waals surface area contributed by atoms with Gasteiger partial charge in [-0.25, -0.2) is 4.79 Å². The summed E-state index contributed by atoms with van der Waals surface area (Å²) in [6.07, 6.45) is 5.56. The van der Waals surface area contributed by atoms with Gasteiger partial charge >= 0.3 is 5.97 Å². The third kappa shape index (κ3) is 4.18. The van der Waals surface area contributed by atoms with E-state index in [4.69, 9.17) is 4.74 Å². The number of hydrogen-bond donors (Lipinski definition) is 2. The van der Waals surface area contributed by atoms with Gasteiger partial charge in [-0.3, -0.25) is 9.59 Å². The van der Waals surface area contributed by atoms with Gasteiger partial charge in [0.15, 0.2) is 0 Å². The van der Waals surface area contributed by atoms with E-state index in [2.05, 4.69) is 10.6 Å². The van der Waals surface area contributed by atoms with E-state index in [0.29, 0.717) is 48.0 Å². The Balaban J connectivity index is 0.00000225. The molecule has 4 heterocycles. The Labute approximate surface area is 174 Å². The molecule has 2 amide bonds. The summed E-state index contributed by atoms with van der Waals surface area (Å²) in [7, 11) is 1.32. The number of halogens is 1. The summed E-state index contributed by atoms with van der Waals surface area (Å²) in [5.74, 6) is -0.242. The number of methoxy groups -OCH3 is 1. The Morgan fingerprint density at radius 2 is 2.00 bits per heavy atom. The van der Waals surface area contributed by atoms with Gasteiger partial charge in [0, 0.05) is 25.0 Å². The van der Waals surface area contributed by atoms with Crippen LogP contribution < -0.4 is 15.5 Å². The normalized spacial score (nSPS) is 28.8. The molecular weight excluding hydrogens is 402 g/mol. The van der Waals surface area contributed by atoms with Crippen molar-refractivity contribution in [2.45, 2.75) is 56.7 Å². The molecule has 2 N–H and O–H groups in total. The molecule has 9 heteroatoms. The van der Waals surface area contributed by atoms with E-state index < -0.39 is 12.0 Å². The zero-order chi connectivity index (χ0) is 19.0. The highest BCUT2D eigenvalue weighted by Crippen LogP contribution is 2.34. The number of ether oxygens (including phenoxy) is 1. The molecule has 3 saturated heterocycles. The van der Waals surface area contributed by atoms with Crippen molar-refractivity contribution in [1.29, 1.82) is 0 Å². The molecular formula is C19H26ClN3O4S. The van der Waals surface area contributed by atoms with E-state index in [1.807, 2.05) is 0 Å². The molecule has 3 aliphatic rings. The van der Waals surface area contributed by atoms with E-state index in [0.717, 1.165) is 12.8 Å². The zero-order valence-corrected chi connectivity index (χ0v) is 17.4. The summed E-state index contributed by atoms with van der Waals surface area (Å²) in [5.41, 5.74) is 0.396. The quantitative estimate of drug-likeness (QED) is 0.702. The van der Waals surface area contributed by atoms with Crippen molar-refractivity contribution in [2.75, 3.05) is 18.6 Å². The molecule has 0 radical (unpaired) electrons. The fourth-order valence-corrected chi connectivity index (χ4v) is 5.57. The number of nitrogens with one attached hydrogen (secondary N) is 2. The molecule has 28 heavy (non-hydrogen) atoms. The van der Waals surface area contributed by atoms with Crippen LogP contribution >= 0.6 is 23.7 Å². The van der Waals surface area contributed by atoms with Gasteiger partial charge in [-0.15, -0.1) is 23.7 Å². The lowest BCUT2D eigenvalue weighted by atomic mass is 9.89. The Morgan fingerprint density at radius 1 is 1.29 bits per heavy atom. The second-order valence-corrected chi connectivity index (χ2v) is 8.60.